The van der Waals surface area contributed by atoms with Gasteiger partial charge in [-0.05, 0) is 96.0 Å². The van der Waals surface area contributed by atoms with E-state index in [1.807, 2.05) is 39.8 Å². The van der Waals surface area contributed by atoms with E-state index in [9.17, 15) is 18.7 Å². The Morgan fingerprint density at radius 2 is 1.82 bits per heavy atom. The summed E-state index contributed by atoms with van der Waals surface area (Å²) in [6.45, 7) is 11.1. The number of aliphatic carboxylic acids is 1. The number of aromatic nitrogens is 2. The number of pyridine rings is 1. The van der Waals surface area contributed by atoms with Crippen molar-refractivity contribution in [3.63, 3.8) is 0 Å². The third-order valence-electron chi connectivity index (χ3n) is 9.23. The van der Waals surface area contributed by atoms with E-state index in [4.69, 9.17) is 36.5 Å². The number of imidazole rings is 1. The minimum absolute atomic E-state index is 0.119. The summed E-state index contributed by atoms with van der Waals surface area (Å²) in [5.41, 5.74) is 8.83. The van der Waals surface area contributed by atoms with E-state index >= 15 is 0 Å². The zero-order valence-corrected chi connectivity index (χ0v) is 29.2. The van der Waals surface area contributed by atoms with E-state index in [1.54, 1.807) is 22.6 Å². The van der Waals surface area contributed by atoms with Crippen LogP contribution in [0.3, 0.4) is 0 Å². The summed E-state index contributed by atoms with van der Waals surface area (Å²) in [5, 5.41) is 10.8. The lowest BCUT2D eigenvalue weighted by Crippen LogP contribution is -2.45. The lowest BCUT2D eigenvalue weighted by molar-refractivity contribution is -0.160. The molecular formula is C37H43ClF2N4O5. The first-order valence-corrected chi connectivity index (χ1v) is 17.0. The molecule has 4 aromatic rings. The SMILES string of the molecule is Cc1cc2nc3c(Cl)n2c(c1[C@H](OC(C)(C)C)C(=O)O)N1CCC(C)(CC1)OCCCC[C@H](N)Oc1cc(F)c(F)cc1-c1cccc-3c1. The van der Waals surface area contributed by atoms with Crippen molar-refractivity contribution in [3.8, 4) is 28.1 Å². The van der Waals surface area contributed by atoms with E-state index in [0.717, 1.165) is 18.6 Å². The van der Waals surface area contributed by atoms with Crippen molar-refractivity contribution in [2.45, 2.75) is 90.3 Å². The molecule has 3 N–H and O–H groups in total. The van der Waals surface area contributed by atoms with Crippen LogP contribution >= 0.6 is 11.6 Å². The van der Waals surface area contributed by atoms with Crippen molar-refractivity contribution in [1.82, 2.24) is 9.38 Å². The van der Waals surface area contributed by atoms with Crippen LogP contribution in [0.25, 0.3) is 28.0 Å². The molecule has 5 heterocycles. The molecule has 1 fully saturated rings. The van der Waals surface area contributed by atoms with Crippen LogP contribution < -0.4 is 15.4 Å². The first-order valence-electron chi connectivity index (χ1n) is 16.7. The molecule has 7 rings (SSSR count). The lowest BCUT2D eigenvalue weighted by Gasteiger charge is -2.42. The largest absolute Gasteiger partial charge is 0.479 e. The van der Waals surface area contributed by atoms with Gasteiger partial charge in [-0.1, -0.05) is 29.8 Å². The third kappa shape index (κ3) is 7.26. The van der Waals surface area contributed by atoms with E-state index in [1.165, 1.54) is 0 Å². The number of halogens is 3. The Labute approximate surface area is 289 Å². The Balaban J connectivity index is 1.58. The molecule has 2 aromatic heterocycles. The second-order valence-corrected chi connectivity index (χ2v) is 14.6. The average Bonchev–Trinajstić information content (AvgIpc) is 3.35. The smallest absolute Gasteiger partial charge is 0.337 e. The second-order valence-electron chi connectivity index (χ2n) is 14.2. The predicted octanol–water partition coefficient (Wildman–Crippen LogP) is 8.07. The van der Waals surface area contributed by atoms with Gasteiger partial charge in [0.25, 0.3) is 0 Å². The molecule has 12 heteroatoms. The minimum Gasteiger partial charge on any atom is -0.479 e. The van der Waals surface area contributed by atoms with Gasteiger partial charge in [0.2, 0.25) is 0 Å². The Morgan fingerprint density at radius 3 is 2.51 bits per heavy atom. The van der Waals surface area contributed by atoms with Crippen molar-refractivity contribution in [3.05, 3.63) is 70.4 Å². The third-order valence-corrected chi connectivity index (χ3v) is 9.58. The van der Waals surface area contributed by atoms with Crippen LogP contribution in [-0.2, 0) is 14.3 Å². The van der Waals surface area contributed by atoms with Gasteiger partial charge in [-0.3, -0.25) is 10.1 Å². The van der Waals surface area contributed by atoms with Gasteiger partial charge in [0.15, 0.2) is 17.7 Å². The number of anilines is 1. The van der Waals surface area contributed by atoms with Gasteiger partial charge in [0.05, 0.1) is 11.2 Å². The molecule has 6 bridgehead atoms. The van der Waals surface area contributed by atoms with Gasteiger partial charge < -0.3 is 24.2 Å². The average molecular weight is 697 g/mol. The molecule has 0 unspecified atom stereocenters. The van der Waals surface area contributed by atoms with Gasteiger partial charge in [-0.2, -0.15) is 0 Å². The Bertz CT molecular complexity index is 1880. The number of carbonyl (C=O) groups is 1. The van der Waals surface area contributed by atoms with Gasteiger partial charge in [-0.25, -0.2) is 18.6 Å². The first-order chi connectivity index (χ1) is 23.1. The minimum atomic E-state index is -1.28. The Morgan fingerprint density at radius 1 is 1.12 bits per heavy atom. The molecule has 49 heavy (non-hydrogen) atoms. The van der Waals surface area contributed by atoms with Crippen LogP contribution in [0.15, 0.2) is 42.5 Å². The maximum Gasteiger partial charge on any atom is 0.337 e. The number of benzene rings is 2. The summed E-state index contributed by atoms with van der Waals surface area (Å²) >= 11 is 7.24. The number of aryl methyl sites for hydroxylation is 1. The van der Waals surface area contributed by atoms with Crippen LogP contribution in [0.2, 0.25) is 5.15 Å². The van der Waals surface area contributed by atoms with Gasteiger partial charge in [0, 0.05) is 42.5 Å². The molecule has 9 nitrogen and oxygen atoms in total. The summed E-state index contributed by atoms with van der Waals surface area (Å²) in [7, 11) is 0. The number of fused-ring (bicyclic) bond motifs is 8. The molecule has 3 aliphatic heterocycles. The van der Waals surface area contributed by atoms with E-state index in [0.29, 0.717) is 90.4 Å². The highest BCUT2D eigenvalue weighted by Crippen LogP contribution is 2.43. The van der Waals surface area contributed by atoms with Crippen molar-refractivity contribution in [2.24, 2.45) is 5.73 Å². The van der Waals surface area contributed by atoms with E-state index in [2.05, 4.69) is 11.8 Å². The van der Waals surface area contributed by atoms with E-state index < -0.39 is 41.1 Å². The Hall–Kier alpha value is -3.77. The summed E-state index contributed by atoms with van der Waals surface area (Å²) in [4.78, 5) is 20.0. The van der Waals surface area contributed by atoms with Crippen molar-refractivity contribution < 1.29 is 32.9 Å². The standard InChI is InChI=1S/C37H43ClF2N4O5/c1-21-17-29-42-31-23-10-8-9-22(18-23)24-19-25(39)26(40)20-27(24)48-28(41)11-6-7-16-47-37(5)12-14-43(15-13-37)34(44(29)33(31)38)30(21)32(35(45)46)49-36(2,3)4/h8-10,17-20,28,32H,6-7,11-16,41H2,1-5H3,(H,45,46)/t28-,32+/m1/s1. The van der Waals surface area contributed by atoms with Crippen LogP contribution in [0.5, 0.6) is 5.75 Å². The number of hydrogen-bond donors (Lipinski definition) is 2. The summed E-state index contributed by atoms with van der Waals surface area (Å²) < 4.78 is 49.5. The molecule has 0 amide bonds. The van der Waals surface area contributed by atoms with Crippen LogP contribution in [0.4, 0.5) is 14.6 Å². The number of piperidine rings is 1. The topological polar surface area (TPSA) is 112 Å². The first kappa shape index (κ1) is 35.1. The monoisotopic (exact) mass is 696 g/mol. The van der Waals surface area contributed by atoms with Crippen molar-refractivity contribution in [1.29, 1.82) is 0 Å². The van der Waals surface area contributed by atoms with Crippen LogP contribution in [0, 0.1) is 18.6 Å². The Kier molecular flexibility index (Phi) is 9.67. The summed E-state index contributed by atoms with van der Waals surface area (Å²) in [5.74, 6) is -2.45. The van der Waals surface area contributed by atoms with E-state index in [-0.39, 0.29) is 10.9 Å². The normalized spacial score (nSPS) is 21.0. The molecule has 262 valence electrons. The molecule has 2 aromatic carbocycles. The number of nitrogens with zero attached hydrogens (tertiary/aromatic N) is 3. The number of carboxylic acids is 1. The summed E-state index contributed by atoms with van der Waals surface area (Å²) in [6.07, 6.45) is 1.32. The number of rotatable bonds is 3. The second kappa shape index (κ2) is 13.5. The zero-order valence-electron chi connectivity index (χ0n) is 28.5. The molecule has 3 aliphatic rings. The fraction of sp³-hybridized carbons (Fsp3) is 0.459. The molecule has 1 saturated heterocycles. The fourth-order valence-corrected chi connectivity index (χ4v) is 7.02. The van der Waals surface area contributed by atoms with Gasteiger partial charge in [0.1, 0.15) is 34.3 Å². The predicted molar refractivity (Wildman–Crippen MR) is 185 cm³/mol. The quantitative estimate of drug-likeness (QED) is 0.221. The number of hydrogen-bond acceptors (Lipinski definition) is 7. The van der Waals surface area contributed by atoms with Gasteiger partial charge >= 0.3 is 5.97 Å². The highest BCUT2D eigenvalue weighted by molar-refractivity contribution is 6.32. The molecule has 0 aliphatic carbocycles. The molecule has 0 saturated carbocycles. The summed E-state index contributed by atoms with van der Waals surface area (Å²) in [6, 6.07) is 11.1. The van der Waals surface area contributed by atoms with Gasteiger partial charge in [-0.15, -0.1) is 0 Å². The maximum atomic E-state index is 14.7. The number of nitrogens with two attached hydrogens (primary N) is 1. The fourth-order valence-electron chi connectivity index (χ4n) is 6.70. The maximum absolute atomic E-state index is 14.7. The molecule has 0 spiro atoms. The molecule has 0 radical (unpaired) electrons. The van der Waals surface area contributed by atoms with Crippen molar-refractivity contribution in [2.75, 3.05) is 24.6 Å². The van der Waals surface area contributed by atoms with Crippen LogP contribution in [0.1, 0.15) is 77.0 Å². The highest BCUT2D eigenvalue weighted by atomic mass is 35.5. The van der Waals surface area contributed by atoms with Crippen LogP contribution in [-0.4, -0.2) is 57.6 Å². The molecule has 2 atom stereocenters. The van der Waals surface area contributed by atoms with Crippen molar-refractivity contribution >= 4 is 29.0 Å². The number of carboxylic acid groups (broad SMARTS) is 1. The number of ether oxygens (including phenoxy) is 3. The zero-order chi connectivity index (χ0) is 35.2. The molecular weight excluding hydrogens is 654 g/mol. The lowest BCUT2D eigenvalue weighted by atomic mass is 9.92. The highest BCUT2D eigenvalue weighted by Gasteiger charge is 2.38.